The zero-order chi connectivity index (χ0) is 13.8. The third-order valence-corrected chi connectivity index (χ3v) is 3.12. The Balaban J connectivity index is 0.00000200. The van der Waals surface area contributed by atoms with Crippen molar-refractivity contribution in [3.8, 4) is 0 Å². The summed E-state index contributed by atoms with van der Waals surface area (Å²) in [6.07, 6.45) is 1.92. The van der Waals surface area contributed by atoms with Gasteiger partial charge in [0.2, 0.25) is 0 Å². The monoisotopic (exact) mass is 300 g/mol. The maximum atomic E-state index is 12.0. The highest BCUT2D eigenvalue weighted by Crippen LogP contribution is 2.22. The summed E-state index contributed by atoms with van der Waals surface area (Å²) in [5.41, 5.74) is 5.56. The first kappa shape index (κ1) is 16.2. The number of nitro benzene ring substituents is 1. The largest absolute Gasteiger partial charge is 0.393 e. The van der Waals surface area contributed by atoms with Crippen LogP contribution in [0.25, 0.3) is 0 Å². The Hall–Kier alpha value is -1.86. The Labute approximate surface area is 122 Å². The van der Waals surface area contributed by atoms with E-state index in [0.717, 1.165) is 25.9 Å². The Morgan fingerprint density at radius 1 is 1.50 bits per heavy atom. The average Bonchev–Trinajstić information content (AvgIpc) is 2.40. The lowest BCUT2D eigenvalue weighted by molar-refractivity contribution is -0.383. The Bertz CT molecular complexity index is 503. The van der Waals surface area contributed by atoms with E-state index in [0.29, 0.717) is 0 Å². The Kier molecular flexibility index (Phi) is 5.72. The Morgan fingerprint density at radius 2 is 2.25 bits per heavy atom. The maximum Gasteiger partial charge on any atom is 0.292 e. The average molecular weight is 301 g/mol. The van der Waals surface area contributed by atoms with Crippen LogP contribution in [-0.4, -0.2) is 30.0 Å². The zero-order valence-corrected chi connectivity index (χ0v) is 11.6. The van der Waals surface area contributed by atoms with Crippen LogP contribution in [0, 0.1) is 10.1 Å². The number of nitro groups is 1. The van der Waals surface area contributed by atoms with Gasteiger partial charge in [0.25, 0.3) is 11.6 Å². The molecule has 1 aromatic carbocycles. The van der Waals surface area contributed by atoms with E-state index in [1.807, 2.05) is 0 Å². The number of carbonyl (C=O) groups is 1. The first-order valence-electron chi connectivity index (χ1n) is 6.13. The third kappa shape index (κ3) is 3.82. The van der Waals surface area contributed by atoms with Gasteiger partial charge in [0.05, 0.1) is 4.92 Å². The van der Waals surface area contributed by atoms with Gasteiger partial charge in [-0.25, -0.2) is 0 Å². The molecule has 110 valence electrons. The Morgan fingerprint density at radius 3 is 2.85 bits per heavy atom. The first-order valence-corrected chi connectivity index (χ1v) is 6.13. The molecule has 1 saturated heterocycles. The number of nitrogens with one attached hydrogen (secondary N) is 2. The number of hydrogen-bond acceptors (Lipinski definition) is 5. The molecule has 0 radical (unpaired) electrons. The number of benzene rings is 1. The molecule has 0 spiro atoms. The van der Waals surface area contributed by atoms with E-state index in [1.165, 1.54) is 18.2 Å². The quantitative estimate of drug-likeness (QED) is 0.439. The summed E-state index contributed by atoms with van der Waals surface area (Å²) < 4.78 is 0. The molecule has 8 heteroatoms. The molecule has 1 fully saturated rings. The molecule has 1 unspecified atom stereocenters. The molecule has 4 N–H and O–H groups in total. The molecular weight excluding hydrogens is 284 g/mol. The van der Waals surface area contributed by atoms with Crippen LogP contribution < -0.4 is 16.4 Å². The van der Waals surface area contributed by atoms with E-state index in [2.05, 4.69) is 10.6 Å². The third-order valence-electron chi connectivity index (χ3n) is 3.12. The fourth-order valence-electron chi connectivity index (χ4n) is 2.09. The van der Waals surface area contributed by atoms with Crippen molar-refractivity contribution in [2.75, 3.05) is 18.8 Å². The molecule has 1 aliphatic heterocycles. The second-order valence-corrected chi connectivity index (χ2v) is 4.55. The summed E-state index contributed by atoms with van der Waals surface area (Å²) in [4.78, 5) is 22.2. The van der Waals surface area contributed by atoms with Crippen LogP contribution >= 0.6 is 12.4 Å². The van der Waals surface area contributed by atoms with Crippen LogP contribution in [0.1, 0.15) is 23.2 Å². The van der Waals surface area contributed by atoms with Gasteiger partial charge in [0.15, 0.2) is 0 Å². The molecule has 1 aromatic rings. The summed E-state index contributed by atoms with van der Waals surface area (Å²) in [7, 11) is 0. The fourth-order valence-corrected chi connectivity index (χ4v) is 2.09. The van der Waals surface area contributed by atoms with Gasteiger partial charge in [-0.2, -0.15) is 0 Å². The van der Waals surface area contributed by atoms with E-state index >= 15 is 0 Å². The standard InChI is InChI=1S/C12H16N4O3.ClH/c13-10-4-3-8(6-11(10)16(18)19)12(17)15-9-2-1-5-14-7-9;/h3-4,6,9,14H,1-2,5,7,13H2,(H,15,17);1H. The topological polar surface area (TPSA) is 110 Å². The smallest absolute Gasteiger partial charge is 0.292 e. The van der Waals surface area contributed by atoms with Crippen molar-refractivity contribution >= 4 is 29.7 Å². The molecule has 0 aliphatic carbocycles. The molecule has 2 rings (SSSR count). The first-order chi connectivity index (χ1) is 9.08. The zero-order valence-electron chi connectivity index (χ0n) is 10.8. The molecule has 1 atom stereocenters. The molecule has 0 saturated carbocycles. The van der Waals surface area contributed by atoms with Crippen molar-refractivity contribution in [1.82, 2.24) is 10.6 Å². The van der Waals surface area contributed by atoms with Crippen molar-refractivity contribution in [2.24, 2.45) is 0 Å². The summed E-state index contributed by atoms with van der Waals surface area (Å²) in [6, 6.07) is 4.15. The lowest BCUT2D eigenvalue weighted by Gasteiger charge is -2.23. The normalized spacial score (nSPS) is 17.9. The molecule has 1 heterocycles. The number of amides is 1. The van der Waals surface area contributed by atoms with E-state index in [-0.39, 0.29) is 41.3 Å². The van der Waals surface area contributed by atoms with Crippen LogP contribution in [0.2, 0.25) is 0 Å². The summed E-state index contributed by atoms with van der Waals surface area (Å²) in [5, 5.41) is 16.8. The van der Waals surface area contributed by atoms with Crippen molar-refractivity contribution in [2.45, 2.75) is 18.9 Å². The SMILES string of the molecule is Cl.Nc1ccc(C(=O)NC2CCCNC2)cc1[N+](=O)[O-]. The molecule has 20 heavy (non-hydrogen) atoms. The molecule has 7 nitrogen and oxygen atoms in total. The minimum absolute atomic E-state index is 0. The molecule has 0 aromatic heterocycles. The van der Waals surface area contributed by atoms with Gasteiger partial charge in [0.1, 0.15) is 5.69 Å². The number of carbonyl (C=O) groups excluding carboxylic acids is 1. The van der Waals surface area contributed by atoms with Gasteiger partial charge in [0, 0.05) is 24.2 Å². The van der Waals surface area contributed by atoms with Crippen molar-refractivity contribution in [3.63, 3.8) is 0 Å². The highest BCUT2D eigenvalue weighted by Gasteiger charge is 2.19. The number of nitrogens with two attached hydrogens (primary N) is 1. The van der Waals surface area contributed by atoms with Crippen LogP contribution in [0.3, 0.4) is 0 Å². The van der Waals surface area contributed by atoms with Crippen molar-refractivity contribution < 1.29 is 9.72 Å². The van der Waals surface area contributed by atoms with Gasteiger partial charge < -0.3 is 16.4 Å². The number of anilines is 1. The molecule has 0 bridgehead atoms. The second-order valence-electron chi connectivity index (χ2n) is 4.55. The van der Waals surface area contributed by atoms with Crippen LogP contribution in [0.5, 0.6) is 0 Å². The number of rotatable bonds is 3. The number of piperidine rings is 1. The van der Waals surface area contributed by atoms with Crippen LogP contribution in [-0.2, 0) is 0 Å². The van der Waals surface area contributed by atoms with Gasteiger partial charge >= 0.3 is 0 Å². The van der Waals surface area contributed by atoms with Gasteiger partial charge in [-0.05, 0) is 31.5 Å². The predicted octanol–water partition coefficient (Wildman–Crippen LogP) is 1.08. The number of hydrogen-bond donors (Lipinski definition) is 3. The summed E-state index contributed by atoms with van der Waals surface area (Å²) in [5.74, 6) is -0.309. The van der Waals surface area contributed by atoms with E-state index < -0.39 is 4.92 Å². The summed E-state index contributed by atoms with van der Waals surface area (Å²) in [6.45, 7) is 1.68. The van der Waals surface area contributed by atoms with Crippen LogP contribution in [0.15, 0.2) is 18.2 Å². The number of nitrogen functional groups attached to an aromatic ring is 1. The van der Waals surface area contributed by atoms with Gasteiger partial charge in [-0.3, -0.25) is 14.9 Å². The number of nitrogens with zero attached hydrogens (tertiary/aromatic N) is 1. The molecular formula is C12H17ClN4O3. The van der Waals surface area contributed by atoms with E-state index in [1.54, 1.807) is 0 Å². The summed E-state index contributed by atoms with van der Waals surface area (Å²) >= 11 is 0. The molecule has 1 amide bonds. The fraction of sp³-hybridized carbons (Fsp3) is 0.417. The lowest BCUT2D eigenvalue weighted by Crippen LogP contribution is -2.45. The van der Waals surface area contributed by atoms with E-state index in [9.17, 15) is 14.9 Å². The second kappa shape index (κ2) is 7.06. The van der Waals surface area contributed by atoms with Crippen molar-refractivity contribution in [1.29, 1.82) is 0 Å². The minimum Gasteiger partial charge on any atom is -0.393 e. The maximum absolute atomic E-state index is 12.0. The lowest BCUT2D eigenvalue weighted by atomic mass is 10.1. The van der Waals surface area contributed by atoms with E-state index in [4.69, 9.17) is 5.73 Å². The highest BCUT2D eigenvalue weighted by molar-refractivity contribution is 5.95. The number of halogens is 1. The van der Waals surface area contributed by atoms with Gasteiger partial charge in [-0.15, -0.1) is 12.4 Å². The van der Waals surface area contributed by atoms with Gasteiger partial charge in [-0.1, -0.05) is 0 Å². The minimum atomic E-state index is -0.589. The van der Waals surface area contributed by atoms with Crippen molar-refractivity contribution in [3.05, 3.63) is 33.9 Å². The molecule has 1 aliphatic rings. The predicted molar refractivity (Wildman–Crippen MR) is 78.1 cm³/mol. The highest BCUT2D eigenvalue weighted by atomic mass is 35.5. The van der Waals surface area contributed by atoms with Crippen LogP contribution in [0.4, 0.5) is 11.4 Å².